The number of nitrogens with zero attached hydrogens (tertiary/aromatic N) is 2. The summed E-state index contributed by atoms with van der Waals surface area (Å²) in [5.41, 5.74) is 4.61. The molecule has 1 heterocycles. The molecule has 112 valence electrons. The summed E-state index contributed by atoms with van der Waals surface area (Å²) in [6, 6.07) is 3.93. The molecule has 7 heteroatoms. The lowest BCUT2D eigenvalue weighted by molar-refractivity contribution is 0.352. The van der Waals surface area contributed by atoms with Crippen LogP contribution in [-0.2, 0) is 0 Å². The van der Waals surface area contributed by atoms with Gasteiger partial charge >= 0.3 is 0 Å². The third kappa shape index (κ3) is 3.09. The molecule has 2 rings (SSSR count). The van der Waals surface area contributed by atoms with Crippen molar-refractivity contribution in [2.45, 2.75) is 13.0 Å². The number of hydrogen-bond acceptors (Lipinski definition) is 6. The number of nitrogens with one attached hydrogen (secondary N) is 1. The molecule has 21 heavy (non-hydrogen) atoms. The number of benzene rings is 1. The van der Waals surface area contributed by atoms with Gasteiger partial charge in [0.15, 0.2) is 0 Å². The van der Waals surface area contributed by atoms with Gasteiger partial charge in [-0.05, 0) is 30.2 Å². The molecule has 1 unspecified atom stereocenters. The largest absolute Gasteiger partial charge is 0.480 e. The molecule has 1 atom stereocenters. The van der Waals surface area contributed by atoms with E-state index < -0.39 is 6.04 Å². The Bertz CT molecular complexity index is 636. The van der Waals surface area contributed by atoms with E-state index in [1.807, 2.05) is 6.92 Å². The van der Waals surface area contributed by atoms with Crippen molar-refractivity contribution in [3.8, 4) is 11.8 Å². The minimum atomic E-state index is -0.547. The van der Waals surface area contributed by atoms with Crippen LogP contribution in [-0.4, -0.2) is 24.2 Å². The highest BCUT2D eigenvalue weighted by Gasteiger charge is 2.22. The van der Waals surface area contributed by atoms with E-state index >= 15 is 0 Å². The number of aryl methyl sites for hydroxylation is 1. The van der Waals surface area contributed by atoms with Gasteiger partial charge in [-0.1, -0.05) is 6.07 Å². The number of nitrogens with two attached hydrogens (primary N) is 1. The van der Waals surface area contributed by atoms with Gasteiger partial charge in [0.25, 0.3) is 0 Å². The van der Waals surface area contributed by atoms with Gasteiger partial charge in [-0.15, -0.1) is 0 Å². The molecule has 0 spiro atoms. The van der Waals surface area contributed by atoms with Crippen molar-refractivity contribution in [3.05, 3.63) is 47.0 Å². The van der Waals surface area contributed by atoms with Crippen LogP contribution >= 0.6 is 0 Å². The molecule has 0 radical (unpaired) electrons. The number of methoxy groups -OCH3 is 2. The average Bonchev–Trinajstić information content (AvgIpc) is 2.51. The van der Waals surface area contributed by atoms with Crippen LogP contribution in [0.4, 0.5) is 4.39 Å². The van der Waals surface area contributed by atoms with Crippen LogP contribution in [0, 0.1) is 12.7 Å². The summed E-state index contributed by atoms with van der Waals surface area (Å²) in [6.45, 7) is 1.86. The minimum absolute atomic E-state index is 0.265. The fourth-order valence-corrected chi connectivity index (χ4v) is 2.05. The molecular weight excluding hydrogens is 275 g/mol. The Morgan fingerprint density at radius 3 is 2.67 bits per heavy atom. The molecule has 0 saturated carbocycles. The standard InChI is InChI=1S/C14H17FN4O2/c1-8-4-5-9(15)6-10(8)12(19-16)13-14(21-3)18-11(20-2)7-17-13/h4-7,12,19H,16H2,1-3H3. The number of hydrogen-bond donors (Lipinski definition) is 2. The Morgan fingerprint density at radius 1 is 1.29 bits per heavy atom. The lowest BCUT2D eigenvalue weighted by Crippen LogP contribution is -2.30. The van der Waals surface area contributed by atoms with Gasteiger partial charge in [-0.3, -0.25) is 5.84 Å². The SMILES string of the molecule is COc1cnc(C(NN)c2cc(F)ccc2C)c(OC)n1. The Balaban J connectivity index is 2.53. The van der Waals surface area contributed by atoms with Crippen molar-refractivity contribution in [2.24, 2.45) is 5.84 Å². The summed E-state index contributed by atoms with van der Waals surface area (Å²) in [4.78, 5) is 8.42. The second-order valence-corrected chi connectivity index (χ2v) is 4.41. The van der Waals surface area contributed by atoms with Crippen LogP contribution in [0.5, 0.6) is 11.8 Å². The zero-order chi connectivity index (χ0) is 15.4. The summed E-state index contributed by atoms with van der Waals surface area (Å²) in [5, 5.41) is 0. The topological polar surface area (TPSA) is 82.3 Å². The predicted octanol–water partition coefficient (Wildman–Crippen LogP) is 1.49. The van der Waals surface area contributed by atoms with Gasteiger partial charge in [0.05, 0.1) is 26.5 Å². The number of rotatable bonds is 5. The van der Waals surface area contributed by atoms with E-state index in [1.165, 1.54) is 32.5 Å². The van der Waals surface area contributed by atoms with Crippen LogP contribution < -0.4 is 20.7 Å². The maximum absolute atomic E-state index is 13.5. The zero-order valence-electron chi connectivity index (χ0n) is 12.1. The third-order valence-electron chi connectivity index (χ3n) is 3.14. The highest BCUT2D eigenvalue weighted by Crippen LogP contribution is 2.29. The normalized spacial score (nSPS) is 12.0. The summed E-state index contributed by atoms with van der Waals surface area (Å²) in [6.07, 6.45) is 1.46. The molecule has 0 aliphatic carbocycles. The Labute approximate surface area is 122 Å². The highest BCUT2D eigenvalue weighted by molar-refractivity contribution is 5.38. The van der Waals surface area contributed by atoms with E-state index in [0.717, 1.165) is 5.56 Å². The van der Waals surface area contributed by atoms with E-state index in [1.54, 1.807) is 6.07 Å². The molecule has 6 nitrogen and oxygen atoms in total. The molecule has 1 aromatic carbocycles. The summed E-state index contributed by atoms with van der Waals surface area (Å²) >= 11 is 0. The van der Waals surface area contributed by atoms with E-state index in [4.69, 9.17) is 15.3 Å². The quantitative estimate of drug-likeness (QED) is 0.642. The molecule has 3 N–H and O–H groups in total. The third-order valence-corrected chi connectivity index (χ3v) is 3.14. The average molecular weight is 292 g/mol. The van der Waals surface area contributed by atoms with E-state index in [0.29, 0.717) is 17.1 Å². The monoisotopic (exact) mass is 292 g/mol. The van der Waals surface area contributed by atoms with Crippen LogP contribution in [0.2, 0.25) is 0 Å². The second-order valence-electron chi connectivity index (χ2n) is 4.41. The molecular formula is C14H17FN4O2. The molecule has 2 aromatic rings. The Hall–Kier alpha value is -2.25. The maximum atomic E-state index is 13.5. The van der Waals surface area contributed by atoms with Gasteiger partial charge in [-0.2, -0.15) is 4.98 Å². The van der Waals surface area contributed by atoms with Crippen LogP contribution in [0.1, 0.15) is 22.9 Å². The zero-order valence-corrected chi connectivity index (χ0v) is 12.1. The lowest BCUT2D eigenvalue weighted by atomic mass is 9.99. The van der Waals surface area contributed by atoms with Crippen molar-refractivity contribution >= 4 is 0 Å². The molecule has 0 aliphatic heterocycles. The summed E-state index contributed by atoms with van der Waals surface area (Å²) in [5.74, 6) is 5.86. The van der Waals surface area contributed by atoms with Crippen molar-refractivity contribution in [1.29, 1.82) is 0 Å². The van der Waals surface area contributed by atoms with Gasteiger partial charge in [-0.25, -0.2) is 14.8 Å². The molecule has 0 aliphatic rings. The molecule has 0 bridgehead atoms. The number of hydrazine groups is 1. The second kappa shape index (κ2) is 6.47. The first-order valence-corrected chi connectivity index (χ1v) is 6.27. The summed E-state index contributed by atoms with van der Waals surface area (Å²) < 4.78 is 23.7. The number of ether oxygens (including phenoxy) is 2. The van der Waals surface area contributed by atoms with Gasteiger partial charge in [0.2, 0.25) is 11.8 Å². The smallest absolute Gasteiger partial charge is 0.240 e. The Morgan fingerprint density at radius 2 is 2.05 bits per heavy atom. The molecule has 0 saturated heterocycles. The van der Waals surface area contributed by atoms with E-state index in [2.05, 4.69) is 15.4 Å². The van der Waals surface area contributed by atoms with E-state index in [9.17, 15) is 4.39 Å². The predicted molar refractivity (Wildman–Crippen MR) is 75.4 cm³/mol. The molecule has 1 aromatic heterocycles. The van der Waals surface area contributed by atoms with Crippen molar-refractivity contribution < 1.29 is 13.9 Å². The van der Waals surface area contributed by atoms with Gasteiger partial charge < -0.3 is 9.47 Å². The summed E-state index contributed by atoms with van der Waals surface area (Å²) in [7, 11) is 2.96. The first-order valence-electron chi connectivity index (χ1n) is 6.27. The Kier molecular flexibility index (Phi) is 4.66. The number of halogens is 1. The van der Waals surface area contributed by atoms with Crippen molar-refractivity contribution in [3.63, 3.8) is 0 Å². The van der Waals surface area contributed by atoms with Crippen LogP contribution in [0.3, 0.4) is 0 Å². The lowest BCUT2D eigenvalue weighted by Gasteiger charge is -2.19. The van der Waals surface area contributed by atoms with E-state index in [-0.39, 0.29) is 11.7 Å². The first kappa shape index (κ1) is 15.1. The first-order chi connectivity index (χ1) is 10.1. The number of aromatic nitrogens is 2. The van der Waals surface area contributed by atoms with Crippen molar-refractivity contribution in [2.75, 3.05) is 14.2 Å². The highest BCUT2D eigenvalue weighted by atomic mass is 19.1. The van der Waals surface area contributed by atoms with Gasteiger partial charge in [0, 0.05) is 0 Å². The van der Waals surface area contributed by atoms with Crippen LogP contribution in [0.25, 0.3) is 0 Å². The van der Waals surface area contributed by atoms with Crippen LogP contribution in [0.15, 0.2) is 24.4 Å². The molecule has 0 amide bonds. The fourth-order valence-electron chi connectivity index (χ4n) is 2.05. The fraction of sp³-hybridized carbons (Fsp3) is 0.286. The van der Waals surface area contributed by atoms with Crippen molar-refractivity contribution in [1.82, 2.24) is 15.4 Å². The van der Waals surface area contributed by atoms with Gasteiger partial charge in [0.1, 0.15) is 11.5 Å². The minimum Gasteiger partial charge on any atom is -0.480 e. The molecule has 0 fully saturated rings. The maximum Gasteiger partial charge on any atom is 0.240 e.